The Morgan fingerprint density at radius 1 is 1.16 bits per heavy atom. The zero-order valence-corrected chi connectivity index (χ0v) is 15.7. The van der Waals surface area contributed by atoms with Gasteiger partial charge in [0, 0.05) is 11.8 Å². The average Bonchev–Trinajstić information content (AvgIpc) is 2.91. The summed E-state index contributed by atoms with van der Waals surface area (Å²) in [5.41, 5.74) is 1.26. The van der Waals surface area contributed by atoms with Crippen LogP contribution in [0.25, 0.3) is 0 Å². The molecule has 8 heteroatoms. The topological polar surface area (TPSA) is 46.9 Å². The Bertz CT molecular complexity index is 928. The lowest BCUT2D eigenvalue weighted by Gasteiger charge is -2.04. The highest BCUT2D eigenvalue weighted by atomic mass is 79.9. The Morgan fingerprint density at radius 2 is 1.88 bits per heavy atom. The van der Waals surface area contributed by atoms with E-state index in [0.717, 1.165) is 5.56 Å². The van der Waals surface area contributed by atoms with Gasteiger partial charge in [-0.3, -0.25) is 9.48 Å². The summed E-state index contributed by atoms with van der Waals surface area (Å²) in [6.07, 6.45) is 1.74. The van der Waals surface area contributed by atoms with Crippen LogP contribution in [-0.2, 0) is 6.54 Å². The van der Waals surface area contributed by atoms with Crippen LogP contribution in [0.1, 0.15) is 15.9 Å². The molecule has 0 atom stereocenters. The fourth-order valence-electron chi connectivity index (χ4n) is 2.17. The van der Waals surface area contributed by atoms with E-state index in [2.05, 4.69) is 26.3 Å². The molecule has 0 radical (unpaired) electrons. The Morgan fingerprint density at radius 3 is 2.56 bits per heavy atom. The third kappa shape index (κ3) is 4.39. The molecule has 0 saturated heterocycles. The van der Waals surface area contributed by atoms with Gasteiger partial charge in [-0.05, 0) is 57.9 Å². The van der Waals surface area contributed by atoms with Gasteiger partial charge in [0.2, 0.25) is 0 Å². The van der Waals surface area contributed by atoms with E-state index < -0.39 is 5.82 Å². The predicted octanol–water partition coefficient (Wildman–Crippen LogP) is 5.39. The summed E-state index contributed by atoms with van der Waals surface area (Å²) in [6.45, 7) is 0.460. The van der Waals surface area contributed by atoms with Crippen LogP contribution in [0.3, 0.4) is 0 Å². The van der Waals surface area contributed by atoms with Crippen LogP contribution < -0.4 is 5.32 Å². The Hall–Kier alpha value is -1.89. The summed E-state index contributed by atoms with van der Waals surface area (Å²) in [5.74, 6) is -0.404. The molecule has 4 nitrogen and oxygen atoms in total. The maximum absolute atomic E-state index is 12.9. The standard InChI is InChI=1S/C17H11BrCl2FN3O/c18-13-9-24(8-10-1-6-14(19)15(20)7-10)23-16(13)22-17(25)11-2-4-12(21)5-3-11/h1-7,9H,8H2,(H,22,23,25). The van der Waals surface area contributed by atoms with Crippen LogP contribution in [0.15, 0.2) is 53.1 Å². The number of hydrogen-bond donors (Lipinski definition) is 1. The molecular weight excluding hydrogens is 432 g/mol. The third-order valence-electron chi connectivity index (χ3n) is 3.38. The van der Waals surface area contributed by atoms with E-state index in [0.29, 0.717) is 32.4 Å². The molecule has 0 unspecified atom stereocenters. The van der Waals surface area contributed by atoms with Crippen LogP contribution in [0.4, 0.5) is 10.2 Å². The van der Waals surface area contributed by atoms with Crippen molar-refractivity contribution in [3.8, 4) is 0 Å². The van der Waals surface area contributed by atoms with Gasteiger partial charge in [0.1, 0.15) is 5.82 Å². The van der Waals surface area contributed by atoms with Gasteiger partial charge in [0.15, 0.2) is 5.82 Å². The predicted molar refractivity (Wildman–Crippen MR) is 99.8 cm³/mol. The van der Waals surface area contributed by atoms with Gasteiger partial charge >= 0.3 is 0 Å². The van der Waals surface area contributed by atoms with E-state index in [1.807, 2.05) is 6.07 Å². The monoisotopic (exact) mass is 441 g/mol. The fraction of sp³-hybridized carbons (Fsp3) is 0.0588. The lowest BCUT2D eigenvalue weighted by molar-refractivity contribution is 0.102. The summed E-state index contributed by atoms with van der Waals surface area (Å²) >= 11 is 15.3. The van der Waals surface area contributed by atoms with E-state index in [1.54, 1.807) is 23.0 Å². The molecule has 2 aromatic carbocycles. The SMILES string of the molecule is O=C(Nc1nn(Cc2ccc(Cl)c(Cl)c2)cc1Br)c1ccc(F)cc1. The van der Waals surface area contributed by atoms with E-state index in [4.69, 9.17) is 23.2 Å². The molecular formula is C17H11BrCl2FN3O. The quantitative estimate of drug-likeness (QED) is 0.588. The molecule has 25 heavy (non-hydrogen) atoms. The van der Waals surface area contributed by atoms with Crippen molar-refractivity contribution in [2.24, 2.45) is 0 Å². The summed E-state index contributed by atoms with van der Waals surface area (Å²) < 4.78 is 15.2. The van der Waals surface area contributed by atoms with E-state index in [1.165, 1.54) is 24.3 Å². The lowest BCUT2D eigenvalue weighted by Crippen LogP contribution is -2.13. The Kier molecular flexibility index (Phi) is 5.42. The molecule has 0 saturated carbocycles. The first-order valence-electron chi connectivity index (χ1n) is 7.16. The minimum Gasteiger partial charge on any atom is -0.304 e. The molecule has 1 N–H and O–H groups in total. The molecule has 128 valence electrons. The van der Waals surface area contributed by atoms with Gasteiger partial charge in [0.25, 0.3) is 5.91 Å². The second-order valence-electron chi connectivity index (χ2n) is 5.23. The first-order valence-corrected chi connectivity index (χ1v) is 8.71. The minimum atomic E-state index is -0.399. The Labute approximate surface area is 161 Å². The van der Waals surface area contributed by atoms with Crippen molar-refractivity contribution in [3.05, 3.63) is 80.1 Å². The second kappa shape index (κ2) is 7.56. The molecule has 0 fully saturated rings. The normalized spacial score (nSPS) is 10.7. The van der Waals surface area contributed by atoms with E-state index in [-0.39, 0.29) is 5.91 Å². The maximum Gasteiger partial charge on any atom is 0.256 e. The number of aromatic nitrogens is 2. The summed E-state index contributed by atoms with van der Waals surface area (Å²) in [4.78, 5) is 12.2. The molecule has 3 aromatic rings. The summed E-state index contributed by atoms with van der Waals surface area (Å²) in [6, 6.07) is 10.6. The number of nitrogens with one attached hydrogen (secondary N) is 1. The number of hydrogen-bond acceptors (Lipinski definition) is 2. The van der Waals surface area contributed by atoms with Crippen LogP contribution in [0.2, 0.25) is 10.0 Å². The van der Waals surface area contributed by atoms with Crippen molar-refractivity contribution >= 4 is 50.9 Å². The van der Waals surface area contributed by atoms with Crippen molar-refractivity contribution in [1.82, 2.24) is 9.78 Å². The number of halogens is 4. The summed E-state index contributed by atoms with van der Waals surface area (Å²) in [5, 5.41) is 7.97. The minimum absolute atomic E-state index is 0.340. The lowest BCUT2D eigenvalue weighted by atomic mass is 10.2. The van der Waals surface area contributed by atoms with E-state index >= 15 is 0 Å². The molecule has 0 spiro atoms. The van der Waals surface area contributed by atoms with Crippen molar-refractivity contribution in [3.63, 3.8) is 0 Å². The van der Waals surface area contributed by atoms with Gasteiger partial charge in [0.05, 0.1) is 21.1 Å². The number of carbonyl (C=O) groups excluding carboxylic acids is 1. The molecule has 0 aliphatic rings. The number of benzene rings is 2. The first-order chi connectivity index (χ1) is 11.9. The molecule has 0 bridgehead atoms. The number of rotatable bonds is 4. The van der Waals surface area contributed by atoms with Gasteiger partial charge in [-0.25, -0.2) is 4.39 Å². The zero-order chi connectivity index (χ0) is 18.0. The van der Waals surface area contributed by atoms with Gasteiger partial charge in [-0.15, -0.1) is 0 Å². The zero-order valence-electron chi connectivity index (χ0n) is 12.6. The van der Waals surface area contributed by atoms with Crippen LogP contribution in [0.5, 0.6) is 0 Å². The third-order valence-corrected chi connectivity index (χ3v) is 4.70. The summed E-state index contributed by atoms with van der Waals surface area (Å²) in [7, 11) is 0. The Balaban J connectivity index is 1.74. The molecule has 0 aliphatic heterocycles. The van der Waals surface area contributed by atoms with Crippen LogP contribution >= 0.6 is 39.1 Å². The smallest absolute Gasteiger partial charge is 0.256 e. The van der Waals surface area contributed by atoms with Crippen molar-refractivity contribution < 1.29 is 9.18 Å². The highest BCUT2D eigenvalue weighted by Gasteiger charge is 2.12. The van der Waals surface area contributed by atoms with Crippen LogP contribution in [-0.4, -0.2) is 15.7 Å². The van der Waals surface area contributed by atoms with E-state index in [9.17, 15) is 9.18 Å². The highest BCUT2D eigenvalue weighted by Crippen LogP contribution is 2.25. The van der Waals surface area contributed by atoms with Crippen molar-refractivity contribution in [2.45, 2.75) is 6.54 Å². The largest absolute Gasteiger partial charge is 0.304 e. The van der Waals surface area contributed by atoms with Gasteiger partial charge in [-0.1, -0.05) is 29.3 Å². The molecule has 1 amide bonds. The van der Waals surface area contributed by atoms with Gasteiger partial charge < -0.3 is 5.32 Å². The fourth-order valence-corrected chi connectivity index (χ4v) is 2.90. The van der Waals surface area contributed by atoms with Crippen LogP contribution in [0, 0.1) is 5.82 Å². The number of amides is 1. The average molecular weight is 443 g/mol. The van der Waals surface area contributed by atoms with Crippen molar-refractivity contribution in [2.75, 3.05) is 5.32 Å². The number of anilines is 1. The molecule has 1 aromatic heterocycles. The highest BCUT2D eigenvalue weighted by molar-refractivity contribution is 9.10. The second-order valence-corrected chi connectivity index (χ2v) is 6.90. The maximum atomic E-state index is 12.9. The number of carbonyl (C=O) groups is 1. The molecule has 3 rings (SSSR count). The number of nitrogens with zero attached hydrogens (tertiary/aromatic N) is 2. The molecule has 1 heterocycles. The van der Waals surface area contributed by atoms with Crippen molar-refractivity contribution in [1.29, 1.82) is 0 Å². The molecule has 0 aliphatic carbocycles. The van der Waals surface area contributed by atoms with Gasteiger partial charge in [-0.2, -0.15) is 5.10 Å². The first kappa shape index (κ1) is 17.9.